The first kappa shape index (κ1) is 23.4. The zero-order valence-corrected chi connectivity index (χ0v) is 19.7. The molecule has 0 atom stereocenters. The smallest absolute Gasteiger partial charge is 0.210 e. The van der Waals surface area contributed by atoms with Gasteiger partial charge in [-0.3, -0.25) is 14.4 Å². The number of allylic oxidation sites excluding steroid dienone is 2. The van der Waals surface area contributed by atoms with E-state index in [0.29, 0.717) is 43.0 Å². The first-order valence-corrected chi connectivity index (χ1v) is 11.9. The largest absolute Gasteiger partial charge is 0.378 e. The van der Waals surface area contributed by atoms with E-state index in [-0.39, 0.29) is 17.1 Å². The van der Waals surface area contributed by atoms with Crippen LogP contribution in [-0.2, 0) is 4.74 Å². The molecule has 178 valence electrons. The van der Waals surface area contributed by atoms with Gasteiger partial charge < -0.3 is 9.64 Å². The highest BCUT2D eigenvalue weighted by molar-refractivity contribution is 6.35. The van der Waals surface area contributed by atoms with Crippen LogP contribution < -0.4 is 0 Å². The highest BCUT2D eigenvalue weighted by Crippen LogP contribution is 2.28. The van der Waals surface area contributed by atoms with Crippen molar-refractivity contribution in [1.82, 2.24) is 4.90 Å². The Morgan fingerprint density at radius 2 is 1.11 bits per heavy atom. The lowest BCUT2D eigenvalue weighted by molar-refractivity contribution is 0.0496. The van der Waals surface area contributed by atoms with Gasteiger partial charge in [-0.25, -0.2) is 0 Å². The fourth-order valence-corrected chi connectivity index (χ4v) is 4.54. The van der Waals surface area contributed by atoms with Gasteiger partial charge in [0.25, 0.3) is 0 Å². The number of morpholine rings is 1. The van der Waals surface area contributed by atoms with Gasteiger partial charge in [-0.2, -0.15) is 0 Å². The molecule has 1 fully saturated rings. The van der Waals surface area contributed by atoms with Crippen LogP contribution in [0.4, 0.5) is 0 Å². The zero-order chi connectivity index (χ0) is 24.9. The Labute approximate surface area is 209 Å². The van der Waals surface area contributed by atoms with Crippen molar-refractivity contribution >= 4 is 28.1 Å². The molecular formula is C31H25NO4. The third-order valence-electron chi connectivity index (χ3n) is 6.34. The maximum absolute atomic E-state index is 14.3. The Balaban J connectivity index is 1.77. The van der Waals surface area contributed by atoms with E-state index in [0.717, 1.165) is 10.8 Å². The van der Waals surface area contributed by atoms with E-state index in [1.54, 1.807) is 54.6 Å². The van der Waals surface area contributed by atoms with Crippen molar-refractivity contribution in [2.45, 2.75) is 0 Å². The molecule has 0 N–H and O–H groups in total. The Bertz CT molecular complexity index is 1390. The molecule has 5 rings (SSSR count). The summed E-state index contributed by atoms with van der Waals surface area (Å²) < 4.78 is 5.53. The third-order valence-corrected chi connectivity index (χ3v) is 6.34. The summed E-state index contributed by atoms with van der Waals surface area (Å²) in [5, 5.41) is 1.68. The fraction of sp³-hybridized carbons (Fsp3) is 0.129. The monoisotopic (exact) mass is 475 g/mol. The van der Waals surface area contributed by atoms with Crippen LogP contribution >= 0.6 is 0 Å². The lowest BCUT2D eigenvalue weighted by Gasteiger charge is -2.32. The van der Waals surface area contributed by atoms with Crippen molar-refractivity contribution in [3.63, 3.8) is 0 Å². The summed E-state index contributed by atoms with van der Waals surface area (Å²) in [5.74, 6) is -1.30. The molecule has 5 heteroatoms. The van der Waals surface area contributed by atoms with Crippen molar-refractivity contribution < 1.29 is 19.1 Å². The zero-order valence-electron chi connectivity index (χ0n) is 19.7. The van der Waals surface area contributed by atoms with Crippen LogP contribution in [0.1, 0.15) is 31.1 Å². The number of ether oxygens (including phenoxy) is 1. The summed E-state index contributed by atoms with van der Waals surface area (Å²) in [7, 11) is 0. The summed E-state index contributed by atoms with van der Waals surface area (Å²) in [6.07, 6.45) is 0. The normalized spacial score (nSPS) is 13.3. The molecule has 1 aliphatic rings. The predicted molar refractivity (Wildman–Crippen MR) is 139 cm³/mol. The van der Waals surface area contributed by atoms with Gasteiger partial charge in [-0.05, 0) is 10.8 Å². The first-order chi connectivity index (χ1) is 17.6. The number of hydrogen-bond acceptors (Lipinski definition) is 5. The van der Waals surface area contributed by atoms with Crippen LogP contribution in [0, 0.1) is 0 Å². The molecule has 4 aromatic carbocycles. The molecular weight excluding hydrogens is 450 g/mol. The van der Waals surface area contributed by atoms with Gasteiger partial charge in [0.15, 0.2) is 11.6 Å². The van der Waals surface area contributed by atoms with Gasteiger partial charge >= 0.3 is 0 Å². The second kappa shape index (κ2) is 10.5. The molecule has 0 amide bonds. The second-order valence-electron chi connectivity index (χ2n) is 8.57. The molecule has 0 bridgehead atoms. The molecule has 0 radical (unpaired) electrons. The maximum atomic E-state index is 14.3. The van der Waals surface area contributed by atoms with Crippen molar-refractivity contribution in [3.8, 4) is 0 Å². The van der Waals surface area contributed by atoms with Crippen LogP contribution in [0.2, 0.25) is 0 Å². The van der Waals surface area contributed by atoms with Gasteiger partial charge in [-0.15, -0.1) is 0 Å². The van der Waals surface area contributed by atoms with E-state index in [2.05, 4.69) is 0 Å². The molecule has 4 aromatic rings. The Morgan fingerprint density at radius 3 is 1.72 bits per heavy atom. The topological polar surface area (TPSA) is 63.7 Å². The number of ketones is 3. The Morgan fingerprint density at radius 1 is 0.583 bits per heavy atom. The van der Waals surface area contributed by atoms with E-state index < -0.39 is 11.6 Å². The quantitative estimate of drug-likeness (QED) is 0.156. The standard InChI is InChI=1S/C31H25NO4/c33-29(23-11-3-1-4-12-23)27(30(34)24-13-5-2-6-14-24)28(32-18-20-36-21-19-32)31(35)26-17-9-15-22-10-7-8-16-25(22)26/h1-17H,18-21H2. The summed E-state index contributed by atoms with van der Waals surface area (Å²) in [4.78, 5) is 44.1. The minimum atomic E-state index is -0.473. The summed E-state index contributed by atoms with van der Waals surface area (Å²) in [5.41, 5.74) is 1.17. The van der Waals surface area contributed by atoms with Crippen LogP contribution in [0.25, 0.3) is 10.8 Å². The molecule has 1 saturated heterocycles. The average molecular weight is 476 g/mol. The Kier molecular flexibility index (Phi) is 6.83. The van der Waals surface area contributed by atoms with E-state index in [1.807, 2.05) is 53.4 Å². The maximum Gasteiger partial charge on any atom is 0.210 e. The lowest BCUT2D eigenvalue weighted by Crippen LogP contribution is -2.40. The first-order valence-electron chi connectivity index (χ1n) is 11.9. The van der Waals surface area contributed by atoms with Crippen molar-refractivity contribution in [1.29, 1.82) is 0 Å². The van der Waals surface area contributed by atoms with Gasteiger partial charge in [0.05, 0.1) is 18.8 Å². The molecule has 36 heavy (non-hydrogen) atoms. The minimum absolute atomic E-state index is 0.118. The van der Waals surface area contributed by atoms with E-state index in [4.69, 9.17) is 4.74 Å². The third kappa shape index (κ3) is 4.61. The number of carbonyl (C=O) groups is 3. The molecule has 0 unspecified atom stereocenters. The Hall–Kier alpha value is -4.35. The van der Waals surface area contributed by atoms with Crippen LogP contribution in [0.15, 0.2) is 114 Å². The predicted octanol–water partition coefficient (Wildman–Crippen LogP) is 5.37. The number of fused-ring (bicyclic) bond motifs is 1. The molecule has 0 aliphatic carbocycles. The van der Waals surface area contributed by atoms with Gasteiger partial charge in [0, 0.05) is 29.8 Å². The summed E-state index contributed by atoms with van der Waals surface area (Å²) in [6, 6.07) is 30.4. The van der Waals surface area contributed by atoms with Crippen LogP contribution in [0.5, 0.6) is 0 Å². The highest BCUT2D eigenvalue weighted by Gasteiger charge is 2.33. The number of benzene rings is 4. The van der Waals surface area contributed by atoms with Crippen molar-refractivity contribution in [3.05, 3.63) is 131 Å². The molecule has 0 spiro atoms. The fourth-order valence-electron chi connectivity index (χ4n) is 4.54. The highest BCUT2D eigenvalue weighted by atomic mass is 16.5. The molecule has 1 aliphatic heterocycles. The van der Waals surface area contributed by atoms with E-state index in [9.17, 15) is 14.4 Å². The number of hydrogen-bond donors (Lipinski definition) is 0. The van der Waals surface area contributed by atoms with Crippen molar-refractivity contribution in [2.75, 3.05) is 26.3 Å². The summed E-state index contributed by atoms with van der Waals surface area (Å²) >= 11 is 0. The lowest BCUT2D eigenvalue weighted by atomic mass is 9.89. The van der Waals surface area contributed by atoms with Crippen LogP contribution in [0.3, 0.4) is 0 Å². The molecule has 1 heterocycles. The molecule has 0 aromatic heterocycles. The molecule has 5 nitrogen and oxygen atoms in total. The van der Waals surface area contributed by atoms with Gasteiger partial charge in [-0.1, -0.05) is 103 Å². The van der Waals surface area contributed by atoms with E-state index in [1.165, 1.54) is 0 Å². The average Bonchev–Trinajstić information content (AvgIpc) is 2.96. The van der Waals surface area contributed by atoms with Gasteiger partial charge in [0.2, 0.25) is 5.78 Å². The minimum Gasteiger partial charge on any atom is -0.378 e. The number of nitrogens with zero attached hydrogens (tertiary/aromatic N) is 1. The summed E-state index contributed by atoms with van der Waals surface area (Å²) in [6.45, 7) is 1.61. The second-order valence-corrected chi connectivity index (χ2v) is 8.57. The van der Waals surface area contributed by atoms with Gasteiger partial charge in [0.1, 0.15) is 5.70 Å². The van der Waals surface area contributed by atoms with Crippen LogP contribution in [-0.4, -0.2) is 48.6 Å². The van der Waals surface area contributed by atoms with E-state index >= 15 is 0 Å². The number of Topliss-reactive ketones (excluding diaryl/α,β-unsaturated/α-hetero) is 3. The number of rotatable bonds is 7. The number of carbonyl (C=O) groups excluding carboxylic acids is 3. The SMILES string of the molecule is O=C(C(C(=O)c1ccccc1)=C(C(=O)c1cccc2ccccc12)N1CCOCC1)c1ccccc1. The van der Waals surface area contributed by atoms with Crippen molar-refractivity contribution in [2.24, 2.45) is 0 Å². The molecule has 0 saturated carbocycles.